The predicted molar refractivity (Wildman–Crippen MR) is 109 cm³/mol. The van der Waals surface area contributed by atoms with E-state index in [0.29, 0.717) is 11.3 Å². The van der Waals surface area contributed by atoms with Gasteiger partial charge in [-0.15, -0.1) is 12.4 Å². The Balaban J connectivity index is 0.00000280. The Morgan fingerprint density at radius 1 is 1.07 bits per heavy atom. The fraction of sp³-hybridized carbons (Fsp3) is 0.316. The van der Waals surface area contributed by atoms with Crippen molar-refractivity contribution in [1.82, 2.24) is 9.62 Å². The van der Waals surface area contributed by atoms with Crippen LogP contribution >= 0.6 is 12.4 Å². The van der Waals surface area contributed by atoms with Crippen LogP contribution in [0.4, 0.5) is 10.1 Å². The molecule has 0 unspecified atom stereocenters. The number of benzene rings is 2. The van der Waals surface area contributed by atoms with Gasteiger partial charge in [0.05, 0.1) is 4.90 Å². The van der Waals surface area contributed by atoms with E-state index in [4.69, 9.17) is 0 Å². The van der Waals surface area contributed by atoms with E-state index in [1.807, 2.05) is 0 Å². The van der Waals surface area contributed by atoms with Crippen LogP contribution in [0.5, 0.6) is 0 Å². The van der Waals surface area contributed by atoms with E-state index in [1.54, 1.807) is 19.2 Å². The third-order valence-corrected chi connectivity index (χ3v) is 6.64. The van der Waals surface area contributed by atoms with Crippen LogP contribution in [0.2, 0.25) is 0 Å². The number of halogens is 2. The first kappa shape index (κ1) is 22.3. The van der Waals surface area contributed by atoms with Crippen molar-refractivity contribution < 1.29 is 17.6 Å². The van der Waals surface area contributed by atoms with E-state index in [1.165, 1.54) is 40.7 Å². The van der Waals surface area contributed by atoms with Crippen molar-refractivity contribution in [3.63, 3.8) is 0 Å². The van der Waals surface area contributed by atoms with Gasteiger partial charge in [-0.3, -0.25) is 4.79 Å². The molecule has 28 heavy (non-hydrogen) atoms. The van der Waals surface area contributed by atoms with Gasteiger partial charge in [0, 0.05) is 24.3 Å². The van der Waals surface area contributed by atoms with Crippen LogP contribution in [0, 0.1) is 5.82 Å². The summed E-state index contributed by atoms with van der Waals surface area (Å²) in [6.45, 7) is 1.61. The summed E-state index contributed by atoms with van der Waals surface area (Å²) in [5.74, 6) is -0.809. The van der Waals surface area contributed by atoms with Crippen molar-refractivity contribution in [2.24, 2.45) is 0 Å². The van der Waals surface area contributed by atoms with Crippen molar-refractivity contribution in [3.05, 3.63) is 59.9 Å². The second-order valence-corrected chi connectivity index (χ2v) is 8.49. The van der Waals surface area contributed by atoms with Gasteiger partial charge >= 0.3 is 0 Å². The molecule has 0 saturated carbocycles. The number of carbonyl (C=O) groups is 1. The zero-order valence-electron chi connectivity index (χ0n) is 15.4. The molecule has 1 aliphatic heterocycles. The molecule has 3 rings (SSSR count). The quantitative estimate of drug-likeness (QED) is 0.769. The van der Waals surface area contributed by atoms with Crippen molar-refractivity contribution in [1.29, 1.82) is 0 Å². The molecule has 0 aromatic heterocycles. The van der Waals surface area contributed by atoms with Crippen LogP contribution in [0.25, 0.3) is 0 Å². The molecule has 1 heterocycles. The van der Waals surface area contributed by atoms with Gasteiger partial charge in [-0.2, -0.15) is 4.31 Å². The lowest BCUT2D eigenvalue weighted by molar-refractivity contribution is 0.102. The Bertz CT molecular complexity index is 899. The van der Waals surface area contributed by atoms with E-state index >= 15 is 0 Å². The summed E-state index contributed by atoms with van der Waals surface area (Å²) in [5.41, 5.74) is 0.784. The van der Waals surface area contributed by atoms with Crippen molar-refractivity contribution >= 4 is 34.0 Å². The Morgan fingerprint density at radius 2 is 1.64 bits per heavy atom. The zero-order chi connectivity index (χ0) is 19.4. The highest BCUT2D eigenvalue weighted by molar-refractivity contribution is 7.89. The lowest BCUT2D eigenvalue weighted by Crippen LogP contribution is -2.43. The number of anilines is 1. The molecule has 2 N–H and O–H groups in total. The van der Waals surface area contributed by atoms with Crippen LogP contribution in [0.3, 0.4) is 0 Å². The average molecular weight is 428 g/mol. The van der Waals surface area contributed by atoms with Crippen molar-refractivity contribution in [2.75, 3.05) is 25.5 Å². The molecule has 1 saturated heterocycles. The molecule has 1 amide bonds. The number of nitrogens with one attached hydrogen (secondary N) is 2. The largest absolute Gasteiger partial charge is 0.322 e. The number of nitrogens with zero attached hydrogens (tertiary/aromatic N) is 1. The van der Waals surface area contributed by atoms with Crippen molar-refractivity contribution in [2.45, 2.75) is 23.8 Å². The molecule has 152 valence electrons. The molecule has 1 fully saturated rings. The Hall–Kier alpha value is -2.00. The van der Waals surface area contributed by atoms with Gasteiger partial charge < -0.3 is 10.6 Å². The van der Waals surface area contributed by atoms with Crippen molar-refractivity contribution in [3.8, 4) is 0 Å². The third-order valence-electron chi connectivity index (χ3n) is 4.72. The molecule has 0 atom stereocenters. The SMILES string of the molecule is CN(C1CCNCC1)S(=O)(=O)c1ccc(NC(=O)c2ccc(F)cc2)cc1.Cl. The van der Waals surface area contributed by atoms with Gasteiger partial charge in [0.2, 0.25) is 10.0 Å². The van der Waals surface area contributed by atoms with E-state index < -0.39 is 21.7 Å². The Morgan fingerprint density at radius 3 is 2.21 bits per heavy atom. The average Bonchev–Trinajstić information content (AvgIpc) is 2.69. The lowest BCUT2D eigenvalue weighted by Gasteiger charge is -2.30. The first-order valence-corrected chi connectivity index (χ1v) is 10.2. The summed E-state index contributed by atoms with van der Waals surface area (Å²) >= 11 is 0. The number of rotatable bonds is 5. The molecule has 0 aliphatic carbocycles. The molecule has 0 radical (unpaired) electrons. The van der Waals surface area contributed by atoms with E-state index in [2.05, 4.69) is 10.6 Å². The highest BCUT2D eigenvalue weighted by atomic mass is 35.5. The summed E-state index contributed by atoms with van der Waals surface area (Å²) in [6, 6.07) is 11.2. The maximum absolute atomic E-state index is 12.9. The molecule has 9 heteroatoms. The highest BCUT2D eigenvalue weighted by Crippen LogP contribution is 2.22. The number of amides is 1. The van der Waals surface area contributed by atoms with Crippen LogP contribution in [0.15, 0.2) is 53.4 Å². The van der Waals surface area contributed by atoms with E-state index in [0.717, 1.165) is 25.9 Å². The minimum absolute atomic E-state index is 0. The summed E-state index contributed by atoms with van der Waals surface area (Å²) < 4.78 is 40.0. The Kier molecular flexibility index (Phi) is 7.54. The summed E-state index contributed by atoms with van der Waals surface area (Å²) in [7, 11) is -1.98. The molecule has 0 spiro atoms. The first-order valence-electron chi connectivity index (χ1n) is 8.73. The smallest absolute Gasteiger partial charge is 0.255 e. The fourth-order valence-corrected chi connectivity index (χ4v) is 4.46. The van der Waals surface area contributed by atoms with Gasteiger partial charge in [0.1, 0.15) is 5.82 Å². The molecular formula is C19H23ClFN3O3S. The molecular weight excluding hydrogens is 405 g/mol. The maximum atomic E-state index is 12.9. The van der Waals surface area contributed by atoms with Gasteiger partial charge in [-0.05, 0) is 74.5 Å². The minimum atomic E-state index is -3.59. The zero-order valence-corrected chi connectivity index (χ0v) is 17.0. The fourth-order valence-electron chi connectivity index (χ4n) is 3.05. The molecule has 6 nitrogen and oxygen atoms in total. The summed E-state index contributed by atoms with van der Waals surface area (Å²) in [6.07, 6.45) is 1.56. The number of piperidine rings is 1. The monoisotopic (exact) mass is 427 g/mol. The van der Waals surface area contributed by atoms with E-state index in [9.17, 15) is 17.6 Å². The second kappa shape index (κ2) is 9.47. The summed E-state index contributed by atoms with van der Waals surface area (Å²) in [4.78, 5) is 12.3. The van der Waals surface area contributed by atoms with Gasteiger partial charge in [0.15, 0.2) is 0 Å². The van der Waals surface area contributed by atoms with E-state index in [-0.39, 0.29) is 23.3 Å². The first-order chi connectivity index (χ1) is 12.9. The third kappa shape index (κ3) is 5.08. The van der Waals surface area contributed by atoms with Gasteiger partial charge in [-0.1, -0.05) is 0 Å². The van der Waals surface area contributed by atoms with Crippen LogP contribution < -0.4 is 10.6 Å². The standard InChI is InChI=1S/C19H22FN3O3S.ClH/c1-23(17-10-12-21-13-11-17)27(25,26)18-8-6-16(7-9-18)22-19(24)14-2-4-15(20)5-3-14;/h2-9,17,21H,10-13H2,1H3,(H,22,24);1H. The number of hydrogen-bond acceptors (Lipinski definition) is 4. The summed E-state index contributed by atoms with van der Waals surface area (Å²) in [5, 5.41) is 5.89. The number of carbonyl (C=O) groups excluding carboxylic acids is 1. The molecule has 0 bridgehead atoms. The lowest BCUT2D eigenvalue weighted by atomic mass is 10.1. The Labute approximate surface area is 170 Å². The van der Waals surface area contributed by atoms with Crippen LogP contribution in [-0.4, -0.2) is 44.8 Å². The van der Waals surface area contributed by atoms with Crippen LogP contribution in [-0.2, 0) is 10.0 Å². The normalized spacial score (nSPS) is 15.1. The maximum Gasteiger partial charge on any atom is 0.255 e. The molecule has 2 aromatic rings. The second-order valence-electron chi connectivity index (χ2n) is 6.49. The predicted octanol–water partition coefficient (Wildman–Crippen LogP) is 2.87. The minimum Gasteiger partial charge on any atom is -0.322 e. The topological polar surface area (TPSA) is 78.5 Å². The highest BCUT2D eigenvalue weighted by Gasteiger charge is 2.28. The molecule has 1 aliphatic rings. The number of sulfonamides is 1. The molecule has 2 aromatic carbocycles. The van der Waals surface area contributed by atoms with Gasteiger partial charge in [-0.25, -0.2) is 12.8 Å². The number of hydrogen-bond donors (Lipinski definition) is 2. The van der Waals surface area contributed by atoms with Gasteiger partial charge in [0.25, 0.3) is 5.91 Å². The van der Waals surface area contributed by atoms with Crippen LogP contribution in [0.1, 0.15) is 23.2 Å².